The number of hydrazone groups is 1. The van der Waals surface area contributed by atoms with Crippen molar-refractivity contribution >= 4 is 23.5 Å². The van der Waals surface area contributed by atoms with Gasteiger partial charge in [-0.1, -0.05) is 0 Å². The number of carbonyl (C=O) groups excluding carboxylic acids is 1. The van der Waals surface area contributed by atoms with Gasteiger partial charge in [-0.25, -0.2) is 10.4 Å². The van der Waals surface area contributed by atoms with E-state index in [1.807, 2.05) is 6.92 Å². The monoisotopic (exact) mass is 305 g/mol. The number of amides is 1. The number of aryl methyl sites for hydroxylation is 2. The molecule has 0 aliphatic heterocycles. The van der Waals surface area contributed by atoms with Gasteiger partial charge in [0.25, 0.3) is 5.91 Å². The molecule has 0 radical (unpaired) electrons. The van der Waals surface area contributed by atoms with Crippen LogP contribution in [0.4, 0.5) is 0 Å². The summed E-state index contributed by atoms with van der Waals surface area (Å²) in [6.45, 7) is 3.63. The predicted octanol–water partition coefficient (Wildman–Crippen LogP) is 2.24. The van der Waals surface area contributed by atoms with E-state index in [0.29, 0.717) is 21.9 Å². The van der Waals surface area contributed by atoms with E-state index in [0.717, 1.165) is 5.01 Å². The maximum absolute atomic E-state index is 11.9. The first-order valence-electron chi connectivity index (χ1n) is 6.15. The van der Waals surface area contributed by atoms with Crippen molar-refractivity contribution in [3.05, 3.63) is 39.3 Å². The first kappa shape index (κ1) is 15.0. The van der Waals surface area contributed by atoms with Crippen LogP contribution in [0.3, 0.4) is 0 Å². The zero-order valence-corrected chi connectivity index (χ0v) is 12.7. The summed E-state index contributed by atoms with van der Waals surface area (Å²) in [5, 5.41) is 14.2. The van der Waals surface area contributed by atoms with E-state index >= 15 is 0 Å². The summed E-state index contributed by atoms with van der Waals surface area (Å²) < 4.78 is 5.00. The highest BCUT2D eigenvalue weighted by Gasteiger charge is 2.12. The van der Waals surface area contributed by atoms with Gasteiger partial charge in [0.15, 0.2) is 11.5 Å². The normalized spacial score (nSPS) is 10.8. The molecule has 2 N–H and O–H groups in total. The summed E-state index contributed by atoms with van der Waals surface area (Å²) in [7, 11) is 1.46. The predicted molar refractivity (Wildman–Crippen MR) is 81.3 cm³/mol. The van der Waals surface area contributed by atoms with Crippen molar-refractivity contribution in [3.8, 4) is 11.5 Å². The van der Waals surface area contributed by atoms with Gasteiger partial charge in [-0.05, 0) is 37.6 Å². The Labute approximate surface area is 126 Å². The minimum Gasteiger partial charge on any atom is -0.504 e. The number of ether oxygens (including phenoxy) is 1. The van der Waals surface area contributed by atoms with Gasteiger partial charge >= 0.3 is 0 Å². The van der Waals surface area contributed by atoms with E-state index in [4.69, 9.17) is 4.74 Å². The fourth-order valence-electron chi connectivity index (χ4n) is 1.73. The third-order valence-electron chi connectivity index (χ3n) is 2.69. The smallest absolute Gasteiger partial charge is 0.283 e. The van der Waals surface area contributed by atoms with Gasteiger partial charge in [0.1, 0.15) is 4.88 Å². The molecule has 0 spiro atoms. The van der Waals surface area contributed by atoms with Crippen LogP contribution in [0.5, 0.6) is 11.5 Å². The number of hydrogen-bond acceptors (Lipinski definition) is 6. The Balaban J connectivity index is 2.05. The molecule has 0 fully saturated rings. The molecule has 0 saturated heterocycles. The van der Waals surface area contributed by atoms with Crippen molar-refractivity contribution in [1.29, 1.82) is 0 Å². The van der Waals surface area contributed by atoms with Gasteiger partial charge in [-0.15, -0.1) is 11.3 Å². The molecule has 7 heteroatoms. The van der Waals surface area contributed by atoms with E-state index < -0.39 is 0 Å². The van der Waals surface area contributed by atoms with Crippen LogP contribution in [-0.4, -0.2) is 29.3 Å². The summed E-state index contributed by atoms with van der Waals surface area (Å²) >= 11 is 1.33. The molecule has 1 aromatic heterocycles. The number of benzene rings is 1. The third-order valence-corrected chi connectivity index (χ3v) is 3.76. The quantitative estimate of drug-likeness (QED) is 0.670. The second kappa shape index (κ2) is 6.36. The molecular weight excluding hydrogens is 290 g/mol. The van der Waals surface area contributed by atoms with Crippen molar-refractivity contribution in [1.82, 2.24) is 10.4 Å². The van der Waals surface area contributed by atoms with Gasteiger partial charge in [0.05, 0.1) is 24.0 Å². The Morgan fingerprint density at radius 1 is 1.48 bits per heavy atom. The molecule has 1 heterocycles. The molecule has 2 rings (SSSR count). The summed E-state index contributed by atoms with van der Waals surface area (Å²) in [5.41, 5.74) is 3.84. The zero-order valence-electron chi connectivity index (χ0n) is 11.9. The van der Waals surface area contributed by atoms with Crippen LogP contribution in [0, 0.1) is 13.8 Å². The number of hydrogen-bond donors (Lipinski definition) is 2. The van der Waals surface area contributed by atoms with Crippen LogP contribution < -0.4 is 10.2 Å². The molecule has 0 aliphatic carbocycles. The van der Waals surface area contributed by atoms with Crippen LogP contribution in [0.15, 0.2) is 23.3 Å². The lowest BCUT2D eigenvalue weighted by Gasteiger charge is -2.03. The number of phenols is 1. The van der Waals surface area contributed by atoms with Gasteiger partial charge in [0.2, 0.25) is 0 Å². The fourth-order valence-corrected chi connectivity index (χ4v) is 2.54. The molecule has 6 nitrogen and oxygen atoms in total. The Hall–Kier alpha value is -2.41. The number of carbonyl (C=O) groups is 1. The van der Waals surface area contributed by atoms with Crippen LogP contribution in [0.2, 0.25) is 0 Å². The summed E-state index contributed by atoms with van der Waals surface area (Å²) in [4.78, 5) is 16.7. The van der Waals surface area contributed by atoms with Crippen molar-refractivity contribution < 1.29 is 14.6 Å². The molecule has 110 valence electrons. The summed E-state index contributed by atoms with van der Waals surface area (Å²) in [6, 6.07) is 4.78. The van der Waals surface area contributed by atoms with Crippen molar-refractivity contribution in [2.45, 2.75) is 13.8 Å². The number of aromatic nitrogens is 1. The SMILES string of the molecule is COc1cc(/C=N/NC(=O)c2sc(C)nc2C)ccc1O. The minimum absolute atomic E-state index is 0.0504. The Morgan fingerprint density at radius 3 is 2.86 bits per heavy atom. The number of methoxy groups -OCH3 is 1. The summed E-state index contributed by atoms with van der Waals surface area (Å²) in [6.07, 6.45) is 1.48. The van der Waals surface area contributed by atoms with E-state index in [2.05, 4.69) is 15.5 Å². The molecule has 2 aromatic rings. The van der Waals surface area contributed by atoms with Gasteiger partial charge < -0.3 is 9.84 Å². The van der Waals surface area contributed by atoms with E-state index in [1.165, 1.54) is 30.7 Å². The highest BCUT2D eigenvalue weighted by Crippen LogP contribution is 2.25. The Bertz CT molecular complexity index is 695. The van der Waals surface area contributed by atoms with E-state index in [9.17, 15) is 9.90 Å². The largest absolute Gasteiger partial charge is 0.504 e. The first-order valence-corrected chi connectivity index (χ1v) is 6.97. The second-order valence-corrected chi connectivity index (χ2v) is 5.48. The lowest BCUT2D eigenvalue weighted by molar-refractivity contribution is 0.0958. The number of aromatic hydroxyl groups is 1. The highest BCUT2D eigenvalue weighted by molar-refractivity contribution is 7.13. The van der Waals surface area contributed by atoms with Gasteiger partial charge in [-0.3, -0.25) is 4.79 Å². The van der Waals surface area contributed by atoms with Crippen molar-refractivity contribution in [2.75, 3.05) is 7.11 Å². The second-order valence-electron chi connectivity index (χ2n) is 4.28. The molecule has 0 unspecified atom stereocenters. The fraction of sp³-hybridized carbons (Fsp3) is 0.214. The average Bonchev–Trinajstić information content (AvgIpc) is 2.79. The molecule has 1 aromatic carbocycles. The number of phenolic OH excluding ortho intramolecular Hbond substituents is 1. The number of rotatable bonds is 4. The van der Waals surface area contributed by atoms with Gasteiger partial charge in [0, 0.05) is 0 Å². The minimum atomic E-state index is -0.292. The number of thiazole rings is 1. The zero-order chi connectivity index (χ0) is 15.4. The van der Waals surface area contributed by atoms with E-state index in [-0.39, 0.29) is 11.7 Å². The first-order chi connectivity index (χ1) is 10.0. The maximum atomic E-state index is 11.9. The molecule has 0 bridgehead atoms. The Kier molecular flexibility index (Phi) is 4.54. The Morgan fingerprint density at radius 2 is 2.24 bits per heavy atom. The lowest BCUT2D eigenvalue weighted by atomic mass is 10.2. The van der Waals surface area contributed by atoms with Crippen LogP contribution >= 0.6 is 11.3 Å². The number of nitrogens with zero attached hydrogens (tertiary/aromatic N) is 2. The summed E-state index contributed by atoms with van der Waals surface area (Å²) in [5.74, 6) is 0.105. The van der Waals surface area contributed by atoms with Crippen molar-refractivity contribution in [3.63, 3.8) is 0 Å². The lowest BCUT2D eigenvalue weighted by Crippen LogP contribution is -2.17. The van der Waals surface area contributed by atoms with E-state index in [1.54, 1.807) is 19.1 Å². The molecule has 0 atom stereocenters. The van der Waals surface area contributed by atoms with Crippen LogP contribution in [0.1, 0.15) is 25.9 Å². The van der Waals surface area contributed by atoms with Crippen LogP contribution in [-0.2, 0) is 0 Å². The van der Waals surface area contributed by atoms with Crippen molar-refractivity contribution in [2.24, 2.45) is 5.10 Å². The molecule has 1 amide bonds. The molecule has 0 saturated carbocycles. The molecule has 0 aliphatic rings. The molecular formula is C14H15N3O3S. The topological polar surface area (TPSA) is 83.8 Å². The standard InChI is InChI=1S/C14H15N3O3S/c1-8-13(21-9(2)16-8)14(19)17-15-7-10-4-5-11(18)12(6-10)20-3/h4-7,18H,1-3H3,(H,17,19)/b15-7+. The third kappa shape index (κ3) is 3.57. The molecule has 21 heavy (non-hydrogen) atoms. The number of nitrogens with one attached hydrogen (secondary N) is 1. The average molecular weight is 305 g/mol. The van der Waals surface area contributed by atoms with Crippen LogP contribution in [0.25, 0.3) is 0 Å². The van der Waals surface area contributed by atoms with Gasteiger partial charge in [-0.2, -0.15) is 5.10 Å². The maximum Gasteiger partial charge on any atom is 0.283 e. The highest BCUT2D eigenvalue weighted by atomic mass is 32.1.